The van der Waals surface area contributed by atoms with Gasteiger partial charge in [-0.05, 0) is 75.6 Å². The molecule has 0 aromatic carbocycles. The minimum absolute atomic E-state index is 0.108. The molecule has 1 N–H and O–H groups in total. The number of aliphatic hydroxyl groups is 1. The Kier molecular flexibility index (Phi) is 6.30. The van der Waals surface area contributed by atoms with Crippen molar-refractivity contribution >= 4 is 11.7 Å². The van der Waals surface area contributed by atoms with Crippen molar-refractivity contribution < 1.29 is 14.6 Å². The van der Waals surface area contributed by atoms with E-state index in [9.17, 15) is 9.90 Å². The zero-order valence-electron chi connectivity index (χ0n) is 20.8. The lowest BCUT2D eigenvalue weighted by Gasteiger charge is -2.41. The third-order valence-corrected chi connectivity index (χ3v) is 7.53. The van der Waals surface area contributed by atoms with Gasteiger partial charge < -0.3 is 9.84 Å². The molecule has 1 aliphatic carbocycles. The third kappa shape index (κ3) is 4.66. The average Bonchev–Trinajstić information content (AvgIpc) is 3.51. The van der Waals surface area contributed by atoms with E-state index in [0.717, 1.165) is 55.6 Å². The highest BCUT2D eigenvalue weighted by Gasteiger charge is 2.48. The highest BCUT2D eigenvalue weighted by atomic mass is 16.6. The molecule has 0 bridgehead atoms. The molecule has 0 amide bonds. The standard InChI is InChI=1S/C27H33N5O3/c1-4-21-14-19(10-12-28-21)9-11-27(20-7-5-6-8-20)16-23(33)22(25(34)35-27)15-24-30-26-29-17(2)13-18(3)32(26)31-24/h10,12-14,20,33H,4-9,11,15-16H2,1-3H3. The Labute approximate surface area is 205 Å². The topological polar surface area (TPSA) is 102 Å². The molecular weight excluding hydrogens is 442 g/mol. The van der Waals surface area contributed by atoms with Gasteiger partial charge in [0.15, 0.2) is 5.82 Å². The van der Waals surface area contributed by atoms with E-state index in [0.29, 0.717) is 24.4 Å². The van der Waals surface area contributed by atoms with Crippen molar-refractivity contribution in [2.45, 2.75) is 84.2 Å². The number of pyridine rings is 1. The second-order valence-electron chi connectivity index (χ2n) is 10.0. The number of ether oxygens (including phenoxy) is 1. The summed E-state index contributed by atoms with van der Waals surface area (Å²) in [6, 6.07) is 6.08. The van der Waals surface area contributed by atoms with Crippen molar-refractivity contribution in [3.05, 3.63) is 64.2 Å². The van der Waals surface area contributed by atoms with Crippen molar-refractivity contribution in [1.82, 2.24) is 24.6 Å². The van der Waals surface area contributed by atoms with Gasteiger partial charge in [0.05, 0.1) is 5.57 Å². The van der Waals surface area contributed by atoms with Gasteiger partial charge in [0.1, 0.15) is 11.4 Å². The molecule has 1 saturated carbocycles. The minimum Gasteiger partial charge on any atom is -0.512 e. The number of nitrogens with zero attached hydrogens (tertiary/aromatic N) is 5. The molecule has 3 aromatic rings. The molecule has 4 heterocycles. The molecule has 8 nitrogen and oxygen atoms in total. The maximum atomic E-state index is 13.3. The quantitative estimate of drug-likeness (QED) is 0.500. The van der Waals surface area contributed by atoms with E-state index in [4.69, 9.17) is 4.74 Å². The van der Waals surface area contributed by atoms with Gasteiger partial charge in [-0.25, -0.2) is 14.3 Å². The SMILES string of the molecule is CCc1cc(CCC2(C3CCCC3)CC(O)=C(Cc3nc4nc(C)cc(C)n4n3)C(=O)O2)ccn1. The lowest BCUT2D eigenvalue weighted by atomic mass is 9.76. The third-order valence-electron chi connectivity index (χ3n) is 7.53. The highest BCUT2D eigenvalue weighted by Crippen LogP contribution is 2.46. The average molecular weight is 476 g/mol. The Morgan fingerprint density at radius 3 is 2.74 bits per heavy atom. The first kappa shape index (κ1) is 23.5. The summed E-state index contributed by atoms with van der Waals surface area (Å²) in [5.74, 6) is 0.847. The van der Waals surface area contributed by atoms with Crippen LogP contribution in [0, 0.1) is 19.8 Å². The molecule has 1 aliphatic heterocycles. The van der Waals surface area contributed by atoms with Gasteiger partial charge in [-0.1, -0.05) is 19.8 Å². The number of hydrogen-bond acceptors (Lipinski definition) is 7. The Hall–Kier alpha value is -3.29. The number of hydrogen-bond donors (Lipinski definition) is 1. The van der Waals surface area contributed by atoms with E-state index in [1.807, 2.05) is 32.2 Å². The summed E-state index contributed by atoms with van der Waals surface area (Å²) in [5.41, 5.74) is 3.59. The van der Waals surface area contributed by atoms with Gasteiger partial charge in [-0.3, -0.25) is 4.98 Å². The maximum absolute atomic E-state index is 13.3. The highest BCUT2D eigenvalue weighted by molar-refractivity contribution is 5.90. The Balaban J connectivity index is 1.40. The first-order valence-corrected chi connectivity index (χ1v) is 12.6. The van der Waals surface area contributed by atoms with Crippen LogP contribution in [0.25, 0.3) is 5.78 Å². The lowest BCUT2D eigenvalue weighted by Crippen LogP contribution is -2.46. The largest absolute Gasteiger partial charge is 0.512 e. The molecule has 1 fully saturated rings. The van der Waals surface area contributed by atoms with Crippen LogP contribution < -0.4 is 0 Å². The molecule has 8 heteroatoms. The maximum Gasteiger partial charge on any atom is 0.338 e. The zero-order chi connectivity index (χ0) is 24.6. The number of carbonyl (C=O) groups is 1. The molecular formula is C27H33N5O3. The number of carbonyl (C=O) groups excluding carboxylic acids is 1. The molecule has 35 heavy (non-hydrogen) atoms. The molecule has 1 unspecified atom stereocenters. The number of rotatable bonds is 7. The second-order valence-corrected chi connectivity index (χ2v) is 10.0. The van der Waals surface area contributed by atoms with Crippen molar-refractivity contribution in [1.29, 1.82) is 0 Å². The smallest absolute Gasteiger partial charge is 0.338 e. The summed E-state index contributed by atoms with van der Waals surface area (Å²) >= 11 is 0. The van der Waals surface area contributed by atoms with Crippen molar-refractivity contribution in [2.75, 3.05) is 0 Å². The van der Waals surface area contributed by atoms with E-state index in [1.165, 1.54) is 5.56 Å². The Bertz CT molecular complexity index is 1290. The molecule has 5 rings (SSSR count). The first-order valence-electron chi connectivity index (χ1n) is 12.6. The summed E-state index contributed by atoms with van der Waals surface area (Å²) in [6.07, 6.45) is 8.96. The number of cyclic esters (lactones) is 1. The first-order chi connectivity index (χ1) is 16.9. The predicted octanol–water partition coefficient (Wildman–Crippen LogP) is 4.56. The van der Waals surface area contributed by atoms with E-state index in [2.05, 4.69) is 33.0 Å². The van der Waals surface area contributed by atoms with Crippen LogP contribution in [0.4, 0.5) is 0 Å². The van der Waals surface area contributed by atoms with Crippen molar-refractivity contribution in [2.24, 2.45) is 5.92 Å². The molecule has 2 aliphatic rings. The number of fused-ring (bicyclic) bond motifs is 1. The van der Waals surface area contributed by atoms with Gasteiger partial charge in [0.2, 0.25) is 0 Å². The van der Waals surface area contributed by atoms with E-state index < -0.39 is 11.6 Å². The number of esters is 1. The van der Waals surface area contributed by atoms with Crippen molar-refractivity contribution in [3.63, 3.8) is 0 Å². The summed E-state index contributed by atoms with van der Waals surface area (Å²) in [7, 11) is 0. The number of aromatic nitrogens is 5. The molecule has 0 spiro atoms. The number of aliphatic hydroxyl groups excluding tert-OH is 1. The molecule has 0 radical (unpaired) electrons. The van der Waals surface area contributed by atoms with E-state index in [-0.39, 0.29) is 23.7 Å². The monoisotopic (exact) mass is 475 g/mol. The van der Waals surface area contributed by atoms with Crippen LogP contribution in [0.1, 0.15) is 73.9 Å². The van der Waals surface area contributed by atoms with Crippen LogP contribution in [0.5, 0.6) is 0 Å². The van der Waals surface area contributed by atoms with Gasteiger partial charge in [0, 0.05) is 36.1 Å². The van der Waals surface area contributed by atoms with Gasteiger partial charge in [-0.15, -0.1) is 5.10 Å². The molecule has 1 atom stereocenters. The fraction of sp³-hybridized carbons (Fsp3) is 0.519. The van der Waals surface area contributed by atoms with Gasteiger partial charge in [0.25, 0.3) is 5.78 Å². The second kappa shape index (κ2) is 9.40. The minimum atomic E-state index is -0.682. The summed E-state index contributed by atoms with van der Waals surface area (Å²) in [4.78, 5) is 26.6. The summed E-state index contributed by atoms with van der Waals surface area (Å²) < 4.78 is 7.92. The predicted molar refractivity (Wildman–Crippen MR) is 131 cm³/mol. The van der Waals surface area contributed by atoms with Crippen LogP contribution >= 0.6 is 0 Å². The molecule has 184 valence electrons. The van der Waals surface area contributed by atoms with Crippen LogP contribution in [-0.2, 0) is 28.8 Å². The Morgan fingerprint density at radius 2 is 2.00 bits per heavy atom. The van der Waals surface area contributed by atoms with E-state index in [1.54, 1.807) is 4.52 Å². The summed E-state index contributed by atoms with van der Waals surface area (Å²) in [6.45, 7) is 5.94. The fourth-order valence-electron chi connectivity index (χ4n) is 5.66. The number of aryl methyl sites for hydroxylation is 4. The van der Waals surface area contributed by atoms with Gasteiger partial charge in [-0.2, -0.15) is 4.98 Å². The zero-order valence-corrected chi connectivity index (χ0v) is 20.8. The van der Waals surface area contributed by atoms with Crippen molar-refractivity contribution in [3.8, 4) is 0 Å². The van der Waals surface area contributed by atoms with E-state index >= 15 is 0 Å². The summed E-state index contributed by atoms with van der Waals surface area (Å²) in [5, 5.41) is 15.6. The van der Waals surface area contributed by atoms with Crippen LogP contribution in [0.3, 0.4) is 0 Å². The molecule has 3 aromatic heterocycles. The van der Waals surface area contributed by atoms with Crippen LogP contribution in [0.15, 0.2) is 35.7 Å². The molecule has 0 saturated heterocycles. The van der Waals surface area contributed by atoms with Crippen LogP contribution in [0.2, 0.25) is 0 Å². The van der Waals surface area contributed by atoms with Crippen LogP contribution in [-0.4, -0.2) is 41.2 Å². The fourth-order valence-corrected chi connectivity index (χ4v) is 5.66. The normalized spacial score (nSPS) is 21.2. The van der Waals surface area contributed by atoms with Gasteiger partial charge >= 0.3 is 5.97 Å². The lowest BCUT2D eigenvalue weighted by molar-refractivity contribution is -0.167. The Morgan fingerprint density at radius 1 is 1.20 bits per heavy atom.